The van der Waals surface area contributed by atoms with Gasteiger partial charge in [-0.25, -0.2) is 0 Å². The molecule has 1 aromatic carbocycles. The lowest BCUT2D eigenvalue weighted by Gasteiger charge is -2.09. The van der Waals surface area contributed by atoms with Crippen LogP contribution in [0, 0.1) is 11.3 Å². The van der Waals surface area contributed by atoms with Gasteiger partial charge in [0.15, 0.2) is 0 Å². The van der Waals surface area contributed by atoms with E-state index in [0.29, 0.717) is 13.0 Å². The van der Waals surface area contributed by atoms with Crippen molar-refractivity contribution in [2.75, 3.05) is 11.9 Å². The predicted octanol–water partition coefficient (Wildman–Crippen LogP) is 3.31. The first-order chi connectivity index (χ1) is 9.38. The minimum absolute atomic E-state index is 0.533. The van der Waals surface area contributed by atoms with Crippen molar-refractivity contribution in [2.24, 2.45) is 0 Å². The zero-order chi connectivity index (χ0) is 13.3. The van der Waals surface area contributed by atoms with Gasteiger partial charge in [-0.1, -0.05) is 6.07 Å². The van der Waals surface area contributed by atoms with Gasteiger partial charge in [0.25, 0.3) is 0 Å². The van der Waals surface area contributed by atoms with Gasteiger partial charge in [0.1, 0.15) is 5.75 Å². The van der Waals surface area contributed by atoms with Crippen LogP contribution >= 0.6 is 0 Å². The number of aromatic amines is 1. The van der Waals surface area contributed by atoms with E-state index in [0.717, 1.165) is 30.1 Å². The molecule has 0 radical (unpaired) electrons. The van der Waals surface area contributed by atoms with Crippen LogP contribution in [-0.4, -0.2) is 11.6 Å². The number of aromatic nitrogens is 1. The molecular weight excluding hydrogens is 238 g/mol. The molecular formula is C15H17N3O. The molecule has 2 N–H and O–H groups in total. The van der Waals surface area contributed by atoms with Crippen LogP contribution in [-0.2, 0) is 6.54 Å². The summed E-state index contributed by atoms with van der Waals surface area (Å²) in [5.74, 6) is 0.828. The van der Waals surface area contributed by atoms with Crippen molar-refractivity contribution < 1.29 is 4.74 Å². The van der Waals surface area contributed by atoms with E-state index in [-0.39, 0.29) is 0 Å². The molecule has 0 saturated carbocycles. The molecule has 0 bridgehead atoms. The molecule has 0 aliphatic heterocycles. The summed E-state index contributed by atoms with van der Waals surface area (Å²) >= 11 is 0. The monoisotopic (exact) mass is 255 g/mol. The van der Waals surface area contributed by atoms with Gasteiger partial charge >= 0.3 is 0 Å². The second-order valence-electron chi connectivity index (χ2n) is 4.19. The number of nitrogens with one attached hydrogen (secondary N) is 2. The fourth-order valence-corrected chi connectivity index (χ4v) is 1.71. The maximum absolute atomic E-state index is 8.45. The Balaban J connectivity index is 1.83. The van der Waals surface area contributed by atoms with Crippen molar-refractivity contribution in [3.05, 3.63) is 48.3 Å². The van der Waals surface area contributed by atoms with E-state index in [9.17, 15) is 0 Å². The quantitative estimate of drug-likeness (QED) is 0.746. The standard InChI is InChI=1S/C15H17N3O/c16-8-1-2-10-19-15-7-3-5-13(11-15)18-12-14-6-4-9-17-14/h3-7,9,11,17-18H,1-2,10,12H2. The van der Waals surface area contributed by atoms with E-state index in [1.807, 2.05) is 42.6 Å². The Labute approximate surface area is 113 Å². The van der Waals surface area contributed by atoms with E-state index in [1.54, 1.807) is 0 Å². The van der Waals surface area contributed by atoms with Gasteiger partial charge in [0.2, 0.25) is 0 Å². The fraction of sp³-hybridized carbons (Fsp3) is 0.267. The molecule has 4 nitrogen and oxygen atoms in total. The molecule has 0 amide bonds. The number of benzene rings is 1. The SMILES string of the molecule is N#CCCCOc1cccc(NCc2ccc[nH]2)c1. The average Bonchev–Trinajstić information content (AvgIpc) is 2.95. The summed E-state index contributed by atoms with van der Waals surface area (Å²) in [7, 11) is 0. The van der Waals surface area contributed by atoms with Gasteiger partial charge < -0.3 is 15.0 Å². The molecule has 1 heterocycles. The smallest absolute Gasteiger partial charge is 0.121 e. The van der Waals surface area contributed by atoms with Crippen molar-refractivity contribution in [2.45, 2.75) is 19.4 Å². The van der Waals surface area contributed by atoms with Crippen molar-refractivity contribution in [3.63, 3.8) is 0 Å². The number of hydrogen-bond acceptors (Lipinski definition) is 3. The van der Waals surface area contributed by atoms with Gasteiger partial charge in [0.05, 0.1) is 19.2 Å². The summed E-state index contributed by atoms with van der Waals surface area (Å²) in [6, 6.07) is 14.0. The number of rotatable bonds is 7. The van der Waals surface area contributed by atoms with Gasteiger partial charge in [0, 0.05) is 30.1 Å². The third-order valence-corrected chi connectivity index (χ3v) is 2.68. The molecule has 0 atom stereocenters. The third-order valence-electron chi connectivity index (χ3n) is 2.68. The Bertz CT molecular complexity index is 529. The van der Waals surface area contributed by atoms with Crippen LogP contribution in [0.2, 0.25) is 0 Å². The first-order valence-corrected chi connectivity index (χ1v) is 6.34. The second kappa shape index (κ2) is 7.12. The lowest BCUT2D eigenvalue weighted by atomic mass is 10.3. The van der Waals surface area contributed by atoms with Crippen molar-refractivity contribution in [1.29, 1.82) is 5.26 Å². The number of anilines is 1. The zero-order valence-electron chi connectivity index (χ0n) is 10.7. The average molecular weight is 255 g/mol. The highest BCUT2D eigenvalue weighted by molar-refractivity contribution is 5.48. The van der Waals surface area contributed by atoms with Gasteiger partial charge in [-0.05, 0) is 30.7 Å². The van der Waals surface area contributed by atoms with E-state index in [1.165, 1.54) is 0 Å². The Morgan fingerprint density at radius 2 is 2.21 bits per heavy atom. The number of hydrogen-bond donors (Lipinski definition) is 2. The van der Waals surface area contributed by atoms with Crippen LogP contribution in [0.15, 0.2) is 42.6 Å². The highest BCUT2D eigenvalue weighted by atomic mass is 16.5. The Morgan fingerprint density at radius 1 is 1.26 bits per heavy atom. The van der Waals surface area contributed by atoms with Crippen LogP contribution in [0.25, 0.3) is 0 Å². The molecule has 1 aromatic heterocycles. The van der Waals surface area contributed by atoms with Crippen molar-refractivity contribution in [1.82, 2.24) is 4.98 Å². The maximum atomic E-state index is 8.45. The Morgan fingerprint density at radius 3 is 3.00 bits per heavy atom. The first kappa shape index (κ1) is 13.0. The highest BCUT2D eigenvalue weighted by Crippen LogP contribution is 2.18. The third kappa shape index (κ3) is 4.40. The van der Waals surface area contributed by atoms with E-state index in [4.69, 9.17) is 10.00 Å². The van der Waals surface area contributed by atoms with Gasteiger partial charge in [-0.15, -0.1) is 0 Å². The molecule has 2 rings (SSSR count). The second-order valence-corrected chi connectivity index (χ2v) is 4.19. The van der Waals surface area contributed by atoms with Crippen LogP contribution in [0.4, 0.5) is 5.69 Å². The molecule has 0 aliphatic carbocycles. The van der Waals surface area contributed by atoms with Gasteiger partial charge in [-0.2, -0.15) is 5.26 Å². The lowest BCUT2D eigenvalue weighted by molar-refractivity contribution is 0.313. The number of nitriles is 1. The molecule has 2 aromatic rings. The lowest BCUT2D eigenvalue weighted by Crippen LogP contribution is -2.01. The normalized spacial score (nSPS) is 9.84. The molecule has 0 unspecified atom stereocenters. The molecule has 98 valence electrons. The molecule has 0 spiro atoms. The summed E-state index contributed by atoms with van der Waals surface area (Å²) in [6.07, 6.45) is 3.20. The van der Waals surface area contributed by atoms with Crippen molar-refractivity contribution in [3.8, 4) is 11.8 Å². The van der Waals surface area contributed by atoms with E-state index >= 15 is 0 Å². The minimum Gasteiger partial charge on any atom is -0.493 e. The minimum atomic E-state index is 0.533. The maximum Gasteiger partial charge on any atom is 0.121 e. The summed E-state index contributed by atoms with van der Waals surface area (Å²) in [5.41, 5.74) is 2.16. The topological polar surface area (TPSA) is 60.8 Å². The summed E-state index contributed by atoms with van der Waals surface area (Å²) in [6.45, 7) is 1.33. The largest absolute Gasteiger partial charge is 0.493 e. The van der Waals surface area contributed by atoms with Crippen LogP contribution in [0.1, 0.15) is 18.5 Å². The fourth-order valence-electron chi connectivity index (χ4n) is 1.71. The predicted molar refractivity (Wildman–Crippen MR) is 74.9 cm³/mol. The number of H-pyrrole nitrogens is 1. The van der Waals surface area contributed by atoms with E-state index in [2.05, 4.69) is 16.4 Å². The van der Waals surface area contributed by atoms with Crippen LogP contribution in [0.3, 0.4) is 0 Å². The van der Waals surface area contributed by atoms with Crippen molar-refractivity contribution >= 4 is 5.69 Å². The molecule has 0 saturated heterocycles. The number of ether oxygens (including phenoxy) is 1. The zero-order valence-corrected chi connectivity index (χ0v) is 10.7. The van der Waals surface area contributed by atoms with Crippen LogP contribution < -0.4 is 10.1 Å². The molecule has 4 heteroatoms. The number of unbranched alkanes of at least 4 members (excludes halogenated alkanes) is 1. The first-order valence-electron chi connectivity index (χ1n) is 6.34. The highest BCUT2D eigenvalue weighted by Gasteiger charge is 1.98. The Hall–Kier alpha value is -2.41. The summed E-state index contributed by atoms with van der Waals surface area (Å²) in [4.78, 5) is 3.15. The summed E-state index contributed by atoms with van der Waals surface area (Å²) < 4.78 is 5.59. The molecule has 0 fully saturated rings. The Kier molecular flexibility index (Phi) is 4.88. The van der Waals surface area contributed by atoms with Crippen LogP contribution in [0.5, 0.6) is 5.75 Å². The molecule has 0 aliphatic rings. The molecule has 19 heavy (non-hydrogen) atoms. The number of nitrogens with zero attached hydrogens (tertiary/aromatic N) is 1. The van der Waals surface area contributed by atoms with E-state index < -0.39 is 0 Å². The summed E-state index contributed by atoms with van der Waals surface area (Å²) in [5, 5.41) is 11.8. The van der Waals surface area contributed by atoms with Gasteiger partial charge in [-0.3, -0.25) is 0 Å².